The Bertz CT molecular complexity index is 743. The Morgan fingerprint density at radius 2 is 2.26 bits per heavy atom. The number of aromatic amines is 1. The number of likely N-dealkylation sites (tertiary alicyclic amines) is 1. The van der Waals surface area contributed by atoms with Crippen LogP contribution in [-0.2, 0) is 4.79 Å². The van der Waals surface area contributed by atoms with Crippen LogP contribution in [0.4, 0.5) is 0 Å². The number of fused-ring (bicyclic) bond motifs is 1. The minimum Gasteiger partial charge on any atom is -0.481 e. The van der Waals surface area contributed by atoms with Crippen molar-refractivity contribution < 1.29 is 14.7 Å². The number of benzene rings is 1. The lowest BCUT2D eigenvalue weighted by molar-refractivity contribution is -0.137. The molecule has 0 aliphatic carbocycles. The molecule has 122 valence electrons. The number of carboxylic acid groups (broad SMARTS) is 1. The molecule has 2 aromatic rings. The molecule has 1 aromatic heterocycles. The van der Waals surface area contributed by atoms with E-state index in [1.165, 1.54) is 0 Å². The Labute approximate surface area is 142 Å². The first kappa shape index (κ1) is 16.0. The van der Waals surface area contributed by atoms with Gasteiger partial charge in [-0.1, -0.05) is 15.9 Å². The van der Waals surface area contributed by atoms with Gasteiger partial charge >= 0.3 is 5.97 Å². The molecule has 2 N–H and O–H groups in total. The van der Waals surface area contributed by atoms with Crippen molar-refractivity contribution in [3.8, 4) is 0 Å². The number of hydrogen-bond donors (Lipinski definition) is 2. The van der Waals surface area contributed by atoms with Crippen LogP contribution in [-0.4, -0.2) is 45.2 Å². The number of amides is 1. The van der Waals surface area contributed by atoms with Crippen molar-refractivity contribution in [2.75, 3.05) is 13.1 Å². The summed E-state index contributed by atoms with van der Waals surface area (Å²) >= 11 is 3.42. The number of nitrogens with zero attached hydrogens (tertiary/aromatic N) is 2. The topological polar surface area (TPSA) is 86.3 Å². The fourth-order valence-corrected chi connectivity index (χ4v) is 3.47. The van der Waals surface area contributed by atoms with Gasteiger partial charge in [-0.05, 0) is 43.4 Å². The fourth-order valence-electron chi connectivity index (χ4n) is 3.11. The normalized spacial score (nSPS) is 18.3. The first-order chi connectivity index (χ1) is 11.0. The highest BCUT2D eigenvalue weighted by atomic mass is 79.9. The summed E-state index contributed by atoms with van der Waals surface area (Å²) in [5, 5.41) is 16.7. The van der Waals surface area contributed by atoms with Gasteiger partial charge in [0, 0.05) is 29.4 Å². The second kappa shape index (κ2) is 6.70. The van der Waals surface area contributed by atoms with Crippen LogP contribution >= 0.6 is 15.9 Å². The highest BCUT2D eigenvalue weighted by Gasteiger charge is 2.27. The minimum absolute atomic E-state index is 0.0885. The van der Waals surface area contributed by atoms with Crippen LogP contribution in [0, 0.1) is 5.92 Å². The van der Waals surface area contributed by atoms with Crippen molar-refractivity contribution in [2.45, 2.75) is 25.7 Å². The molecular weight excluding hydrogens is 362 g/mol. The molecule has 6 nitrogen and oxygen atoms in total. The predicted molar refractivity (Wildman–Crippen MR) is 89.3 cm³/mol. The average molecular weight is 380 g/mol. The lowest BCUT2D eigenvalue weighted by atomic mass is 9.93. The molecule has 1 aromatic carbocycles. The highest BCUT2D eigenvalue weighted by Crippen LogP contribution is 2.25. The van der Waals surface area contributed by atoms with Crippen LogP contribution in [0.1, 0.15) is 36.2 Å². The van der Waals surface area contributed by atoms with Crippen LogP contribution in [0.3, 0.4) is 0 Å². The lowest BCUT2D eigenvalue weighted by Gasteiger charge is -2.32. The Morgan fingerprint density at radius 1 is 1.43 bits per heavy atom. The summed E-state index contributed by atoms with van der Waals surface area (Å²) in [6.45, 7) is 1.30. The van der Waals surface area contributed by atoms with Gasteiger partial charge in [-0.3, -0.25) is 14.7 Å². The molecule has 1 amide bonds. The van der Waals surface area contributed by atoms with E-state index >= 15 is 0 Å². The Morgan fingerprint density at radius 3 is 3.04 bits per heavy atom. The van der Waals surface area contributed by atoms with Crippen LogP contribution in [0.25, 0.3) is 10.9 Å². The van der Waals surface area contributed by atoms with Gasteiger partial charge in [0.05, 0.1) is 5.52 Å². The smallest absolute Gasteiger partial charge is 0.303 e. The minimum atomic E-state index is -0.781. The summed E-state index contributed by atoms with van der Waals surface area (Å²) in [5.74, 6) is -0.619. The van der Waals surface area contributed by atoms with Crippen molar-refractivity contribution in [1.82, 2.24) is 15.1 Å². The molecule has 0 saturated carbocycles. The average Bonchev–Trinajstić information content (AvgIpc) is 2.95. The monoisotopic (exact) mass is 379 g/mol. The van der Waals surface area contributed by atoms with Crippen LogP contribution in [0.5, 0.6) is 0 Å². The molecule has 0 radical (unpaired) electrons. The number of piperidine rings is 1. The van der Waals surface area contributed by atoms with Crippen molar-refractivity contribution >= 4 is 38.7 Å². The molecule has 0 bridgehead atoms. The first-order valence-corrected chi connectivity index (χ1v) is 8.48. The van der Waals surface area contributed by atoms with Crippen molar-refractivity contribution in [1.29, 1.82) is 0 Å². The van der Waals surface area contributed by atoms with E-state index in [4.69, 9.17) is 5.11 Å². The van der Waals surface area contributed by atoms with E-state index in [0.717, 1.165) is 28.2 Å². The molecule has 7 heteroatoms. The molecule has 1 atom stereocenters. The molecule has 1 aliphatic heterocycles. The molecule has 3 rings (SSSR count). The van der Waals surface area contributed by atoms with E-state index in [1.807, 2.05) is 18.2 Å². The molecule has 2 heterocycles. The third kappa shape index (κ3) is 3.55. The molecule has 1 fully saturated rings. The lowest BCUT2D eigenvalue weighted by Crippen LogP contribution is -2.40. The number of carbonyl (C=O) groups is 2. The largest absolute Gasteiger partial charge is 0.481 e. The van der Waals surface area contributed by atoms with Gasteiger partial charge in [0.2, 0.25) is 0 Å². The Balaban J connectivity index is 1.76. The van der Waals surface area contributed by atoms with E-state index in [-0.39, 0.29) is 18.2 Å². The van der Waals surface area contributed by atoms with Crippen molar-refractivity contribution in [3.63, 3.8) is 0 Å². The number of hydrogen-bond acceptors (Lipinski definition) is 3. The van der Waals surface area contributed by atoms with Crippen molar-refractivity contribution in [3.05, 3.63) is 28.4 Å². The maximum Gasteiger partial charge on any atom is 0.303 e. The van der Waals surface area contributed by atoms with Gasteiger partial charge in [0.25, 0.3) is 5.91 Å². The number of aliphatic carboxylic acids is 1. The second-order valence-electron chi connectivity index (χ2n) is 5.95. The molecule has 23 heavy (non-hydrogen) atoms. The summed E-state index contributed by atoms with van der Waals surface area (Å²) < 4.78 is 0.901. The highest BCUT2D eigenvalue weighted by molar-refractivity contribution is 9.10. The van der Waals surface area contributed by atoms with Gasteiger partial charge < -0.3 is 10.0 Å². The van der Waals surface area contributed by atoms with E-state index in [0.29, 0.717) is 25.2 Å². The van der Waals surface area contributed by atoms with Gasteiger partial charge in [-0.15, -0.1) is 0 Å². The Hall–Kier alpha value is -1.89. The number of H-pyrrole nitrogens is 1. The van der Waals surface area contributed by atoms with E-state index in [2.05, 4.69) is 26.1 Å². The molecular formula is C16H18BrN3O3. The third-order valence-electron chi connectivity index (χ3n) is 4.30. The molecule has 1 unspecified atom stereocenters. The fraction of sp³-hybridized carbons (Fsp3) is 0.438. The van der Waals surface area contributed by atoms with Crippen LogP contribution in [0.2, 0.25) is 0 Å². The SMILES string of the molecule is O=C(O)CCC1CCCN(C(=O)c2n[nH]c3ccc(Br)cc23)C1. The van der Waals surface area contributed by atoms with Gasteiger partial charge in [-0.25, -0.2) is 0 Å². The number of rotatable bonds is 4. The van der Waals surface area contributed by atoms with Gasteiger partial charge in [0.15, 0.2) is 5.69 Å². The summed E-state index contributed by atoms with van der Waals surface area (Å²) in [5.41, 5.74) is 1.26. The number of carbonyl (C=O) groups excluding carboxylic acids is 1. The Kier molecular flexibility index (Phi) is 4.66. The van der Waals surface area contributed by atoms with Crippen LogP contribution in [0.15, 0.2) is 22.7 Å². The standard InChI is InChI=1S/C16H18BrN3O3/c17-11-4-5-13-12(8-11)15(19-18-13)16(23)20-7-1-2-10(9-20)3-6-14(21)22/h4-5,8,10H,1-3,6-7,9H2,(H,18,19)(H,21,22). The van der Waals surface area contributed by atoms with E-state index < -0.39 is 5.97 Å². The summed E-state index contributed by atoms with van der Waals surface area (Å²) in [6.07, 6.45) is 2.66. The quantitative estimate of drug-likeness (QED) is 0.854. The summed E-state index contributed by atoms with van der Waals surface area (Å²) in [6, 6.07) is 5.67. The van der Waals surface area contributed by atoms with Crippen molar-refractivity contribution in [2.24, 2.45) is 5.92 Å². The maximum absolute atomic E-state index is 12.8. The zero-order valence-corrected chi connectivity index (χ0v) is 14.2. The zero-order chi connectivity index (χ0) is 16.4. The number of halogens is 1. The third-order valence-corrected chi connectivity index (χ3v) is 4.79. The number of carboxylic acids is 1. The second-order valence-corrected chi connectivity index (χ2v) is 6.87. The van der Waals surface area contributed by atoms with E-state index in [1.54, 1.807) is 4.90 Å². The molecule has 1 saturated heterocycles. The maximum atomic E-state index is 12.8. The van der Waals surface area contributed by atoms with Gasteiger partial charge in [0.1, 0.15) is 0 Å². The molecule has 0 spiro atoms. The molecule has 1 aliphatic rings. The predicted octanol–water partition coefficient (Wildman–Crippen LogP) is 3.04. The zero-order valence-electron chi connectivity index (χ0n) is 12.6. The summed E-state index contributed by atoms with van der Waals surface area (Å²) in [4.78, 5) is 25.3. The number of aromatic nitrogens is 2. The number of nitrogens with one attached hydrogen (secondary N) is 1. The van der Waals surface area contributed by atoms with E-state index in [9.17, 15) is 9.59 Å². The van der Waals surface area contributed by atoms with Gasteiger partial charge in [-0.2, -0.15) is 5.10 Å². The van der Waals surface area contributed by atoms with Crippen LogP contribution < -0.4 is 0 Å². The summed E-state index contributed by atoms with van der Waals surface area (Å²) in [7, 11) is 0. The first-order valence-electron chi connectivity index (χ1n) is 7.69.